The number of likely N-dealkylation sites (tertiary alicyclic amines) is 1. The maximum Gasteiger partial charge on any atom is 0.0781 e. The summed E-state index contributed by atoms with van der Waals surface area (Å²) in [5.41, 5.74) is 5.12. The molecule has 4 heteroatoms. The van der Waals surface area contributed by atoms with Crippen molar-refractivity contribution in [1.29, 1.82) is 0 Å². The van der Waals surface area contributed by atoms with Crippen LogP contribution in [0.2, 0.25) is 0 Å². The number of piperidine rings is 1. The van der Waals surface area contributed by atoms with Crippen LogP contribution in [0.1, 0.15) is 53.9 Å². The predicted molar refractivity (Wildman–Crippen MR) is 112 cm³/mol. The van der Waals surface area contributed by atoms with E-state index in [0.717, 1.165) is 38.0 Å². The summed E-state index contributed by atoms with van der Waals surface area (Å²) in [6.45, 7) is 13.4. The number of hydrogen-bond acceptors (Lipinski definition) is 4. The van der Waals surface area contributed by atoms with Crippen molar-refractivity contribution in [3.05, 3.63) is 41.3 Å². The molecular weight excluding hydrogens is 336 g/mol. The second-order valence-corrected chi connectivity index (χ2v) is 8.45. The highest BCUT2D eigenvalue weighted by Gasteiger charge is 2.49. The van der Waals surface area contributed by atoms with Crippen LogP contribution in [0.4, 0.5) is 0 Å². The fraction of sp³-hybridized carbons (Fsp3) is 0.696. The average Bonchev–Trinajstić information content (AvgIpc) is 2.82. The van der Waals surface area contributed by atoms with Crippen molar-refractivity contribution in [2.45, 2.75) is 66.1 Å². The van der Waals surface area contributed by atoms with E-state index in [1.54, 1.807) is 0 Å². The first-order chi connectivity index (χ1) is 12.9. The molecule has 4 nitrogen and oxygen atoms in total. The minimum absolute atomic E-state index is 0.0834. The summed E-state index contributed by atoms with van der Waals surface area (Å²) in [5.74, 6) is 0. The maximum absolute atomic E-state index is 11.0. The van der Waals surface area contributed by atoms with Crippen molar-refractivity contribution < 1.29 is 10.2 Å². The van der Waals surface area contributed by atoms with Crippen molar-refractivity contribution in [1.82, 2.24) is 10.2 Å². The number of aliphatic hydroxyl groups is 2. The van der Waals surface area contributed by atoms with Gasteiger partial charge in [0.1, 0.15) is 0 Å². The second-order valence-electron chi connectivity index (χ2n) is 8.45. The minimum Gasteiger partial charge on any atom is -0.391 e. The smallest absolute Gasteiger partial charge is 0.0781 e. The average molecular weight is 375 g/mol. The van der Waals surface area contributed by atoms with Crippen LogP contribution < -0.4 is 5.32 Å². The van der Waals surface area contributed by atoms with Crippen molar-refractivity contribution in [3.63, 3.8) is 0 Å². The molecular formula is C23H38N2O2. The Kier molecular flexibility index (Phi) is 7.53. The van der Waals surface area contributed by atoms with E-state index in [-0.39, 0.29) is 16.9 Å². The molecule has 0 bridgehead atoms. The van der Waals surface area contributed by atoms with E-state index in [1.807, 2.05) is 32.1 Å². The molecule has 0 amide bonds. The van der Waals surface area contributed by atoms with Crippen LogP contribution in [0.15, 0.2) is 41.3 Å². The summed E-state index contributed by atoms with van der Waals surface area (Å²) in [6.07, 6.45) is 10.2. The molecule has 27 heavy (non-hydrogen) atoms. The largest absolute Gasteiger partial charge is 0.391 e. The molecule has 3 rings (SSSR count). The van der Waals surface area contributed by atoms with Gasteiger partial charge in [-0.3, -0.25) is 4.90 Å². The molecule has 3 unspecified atom stereocenters. The van der Waals surface area contributed by atoms with E-state index in [2.05, 4.69) is 42.8 Å². The molecule has 2 saturated heterocycles. The zero-order chi connectivity index (χ0) is 20.1. The highest BCUT2D eigenvalue weighted by molar-refractivity contribution is 5.47. The van der Waals surface area contributed by atoms with Gasteiger partial charge in [-0.25, -0.2) is 0 Å². The minimum atomic E-state index is -0.432. The van der Waals surface area contributed by atoms with Crippen molar-refractivity contribution in [2.24, 2.45) is 10.8 Å². The topological polar surface area (TPSA) is 55.7 Å². The van der Waals surface area contributed by atoms with E-state index in [0.29, 0.717) is 13.1 Å². The van der Waals surface area contributed by atoms with Crippen molar-refractivity contribution in [3.8, 4) is 0 Å². The fourth-order valence-corrected chi connectivity index (χ4v) is 4.46. The van der Waals surface area contributed by atoms with Crippen molar-refractivity contribution in [2.75, 3.05) is 26.2 Å². The van der Waals surface area contributed by atoms with Gasteiger partial charge in [0.15, 0.2) is 0 Å². The third kappa shape index (κ3) is 4.57. The molecule has 1 aliphatic carbocycles. The summed E-state index contributed by atoms with van der Waals surface area (Å²) < 4.78 is 0. The van der Waals surface area contributed by atoms with Gasteiger partial charge in [0, 0.05) is 30.7 Å². The molecule has 0 aromatic heterocycles. The van der Waals surface area contributed by atoms with Gasteiger partial charge in [0.25, 0.3) is 0 Å². The van der Waals surface area contributed by atoms with Gasteiger partial charge < -0.3 is 15.5 Å². The first kappa shape index (κ1) is 22.0. The summed E-state index contributed by atoms with van der Waals surface area (Å²) in [7, 11) is 0. The Morgan fingerprint density at radius 2 is 2.04 bits per heavy atom. The third-order valence-corrected chi connectivity index (χ3v) is 6.28. The van der Waals surface area contributed by atoms with Gasteiger partial charge in [-0.1, -0.05) is 41.0 Å². The van der Waals surface area contributed by atoms with Crippen molar-refractivity contribution >= 4 is 0 Å². The van der Waals surface area contributed by atoms with E-state index in [1.165, 1.54) is 5.57 Å². The Hall–Kier alpha value is -1.32. The Balaban J connectivity index is 0.00000126. The molecule has 3 N–H and O–H groups in total. The van der Waals surface area contributed by atoms with Crippen LogP contribution in [0, 0.1) is 10.8 Å². The van der Waals surface area contributed by atoms with Crippen LogP contribution in [-0.4, -0.2) is 53.5 Å². The Labute approximate surface area is 165 Å². The van der Waals surface area contributed by atoms with Gasteiger partial charge in [-0.15, -0.1) is 5.73 Å². The number of β-amino-alcohol motifs (C(OH)–C–C–N with tert-alkyl or cyclic N) is 2. The van der Waals surface area contributed by atoms with Crippen LogP contribution in [0.25, 0.3) is 0 Å². The first-order valence-electron chi connectivity index (χ1n) is 10.6. The zero-order valence-corrected chi connectivity index (χ0v) is 17.8. The van der Waals surface area contributed by atoms with Crippen LogP contribution >= 0.6 is 0 Å². The van der Waals surface area contributed by atoms with E-state index in [9.17, 15) is 10.2 Å². The summed E-state index contributed by atoms with van der Waals surface area (Å²) in [5, 5.41) is 25.1. The molecule has 1 spiro atoms. The lowest BCUT2D eigenvalue weighted by atomic mass is 9.71. The molecule has 152 valence electrons. The van der Waals surface area contributed by atoms with E-state index in [4.69, 9.17) is 0 Å². The molecule has 0 aromatic carbocycles. The summed E-state index contributed by atoms with van der Waals surface area (Å²) in [6, 6.07) is 0. The lowest BCUT2D eigenvalue weighted by Gasteiger charge is -2.45. The van der Waals surface area contributed by atoms with Crippen LogP contribution in [0.3, 0.4) is 0 Å². The predicted octanol–water partition coefficient (Wildman–Crippen LogP) is 3.39. The van der Waals surface area contributed by atoms with Gasteiger partial charge >= 0.3 is 0 Å². The zero-order valence-electron chi connectivity index (χ0n) is 17.8. The second kappa shape index (κ2) is 9.25. The molecule has 0 radical (unpaired) electrons. The SMILES string of the molecule is CC.CCCC(C)(C)C(O)CN1CCC2(CNC3=CC=C=CC=C32)C(O)C1. The monoisotopic (exact) mass is 374 g/mol. The van der Waals surface area contributed by atoms with Crippen LogP contribution in [0.5, 0.6) is 0 Å². The maximum atomic E-state index is 11.0. The molecule has 0 aromatic rings. The molecule has 0 saturated carbocycles. The normalized spacial score (nSPS) is 28.5. The summed E-state index contributed by atoms with van der Waals surface area (Å²) in [4.78, 5) is 2.23. The molecule has 2 heterocycles. The summed E-state index contributed by atoms with van der Waals surface area (Å²) >= 11 is 0. The van der Waals surface area contributed by atoms with Gasteiger partial charge in [-0.2, -0.15) is 0 Å². The lowest BCUT2D eigenvalue weighted by molar-refractivity contribution is -0.0469. The van der Waals surface area contributed by atoms with Crippen LogP contribution in [-0.2, 0) is 0 Å². The highest BCUT2D eigenvalue weighted by Crippen LogP contribution is 2.45. The molecule has 3 atom stereocenters. The fourth-order valence-electron chi connectivity index (χ4n) is 4.46. The molecule has 3 aliphatic rings. The Morgan fingerprint density at radius 3 is 2.70 bits per heavy atom. The van der Waals surface area contributed by atoms with E-state index >= 15 is 0 Å². The molecule has 2 aliphatic heterocycles. The third-order valence-electron chi connectivity index (χ3n) is 6.28. The number of nitrogens with one attached hydrogen (secondary N) is 1. The Bertz CT molecular complexity index is 628. The van der Waals surface area contributed by atoms with Gasteiger partial charge in [0.05, 0.1) is 12.2 Å². The number of nitrogens with zero attached hydrogens (tertiary/aromatic N) is 1. The lowest BCUT2D eigenvalue weighted by Crippen LogP contribution is -2.55. The number of hydrogen-bond donors (Lipinski definition) is 3. The quantitative estimate of drug-likeness (QED) is 0.646. The van der Waals surface area contributed by atoms with Gasteiger partial charge in [-0.05, 0) is 54.7 Å². The molecule has 2 fully saturated rings. The highest BCUT2D eigenvalue weighted by atomic mass is 16.3. The number of rotatable bonds is 5. The standard InChI is InChI=1S/C21H32N2O2.C2H6/c1-4-10-20(2,3)18(24)13-23-12-11-21(19(25)14-23)15-22-17-9-7-5-6-8-16(17)21;1-2/h6-9,18-19,22,24-25H,4,10-15H2,1-3H3;1-2H3. The number of allylic oxidation sites excluding steroid dienone is 4. The Morgan fingerprint density at radius 1 is 1.33 bits per heavy atom. The first-order valence-corrected chi connectivity index (χ1v) is 10.6. The number of fused-ring (bicyclic) bond motifs is 2. The number of aliphatic hydroxyl groups excluding tert-OH is 2. The van der Waals surface area contributed by atoms with E-state index < -0.39 is 6.10 Å². The van der Waals surface area contributed by atoms with Gasteiger partial charge in [0.2, 0.25) is 0 Å².